The van der Waals surface area contributed by atoms with Crippen molar-refractivity contribution in [3.8, 4) is 16.6 Å². The quantitative estimate of drug-likeness (QED) is 0.575. The van der Waals surface area contributed by atoms with Gasteiger partial charge in [-0.05, 0) is 61.6 Å². The number of aryl methyl sites for hydroxylation is 1. The van der Waals surface area contributed by atoms with Crippen molar-refractivity contribution in [1.82, 2.24) is 9.97 Å². The normalized spacial score (nSPS) is 12.8. The summed E-state index contributed by atoms with van der Waals surface area (Å²) in [4.78, 5) is 9.39. The molecule has 0 atom stereocenters. The molecule has 4 rings (SSSR count). The van der Waals surface area contributed by atoms with Gasteiger partial charge in [0.15, 0.2) is 0 Å². The molecule has 0 aliphatic heterocycles. The van der Waals surface area contributed by atoms with E-state index in [0.717, 1.165) is 51.8 Å². The van der Waals surface area contributed by atoms with E-state index < -0.39 is 0 Å². The molecule has 0 bridgehead atoms. The Balaban J connectivity index is 1.54. The molecule has 2 aromatic heterocycles. The first-order chi connectivity index (χ1) is 12.7. The number of pyridine rings is 1. The minimum Gasteiger partial charge on any atom is -0.245 e. The predicted molar refractivity (Wildman–Crippen MR) is 103 cm³/mol. The second-order valence-electron chi connectivity index (χ2n) is 6.25. The van der Waals surface area contributed by atoms with E-state index in [1.807, 2.05) is 12.3 Å². The smallest absolute Gasteiger partial charge is 0.123 e. The molecule has 0 radical (unpaired) electrons. The van der Waals surface area contributed by atoms with Crippen LogP contribution in [0.5, 0.6) is 0 Å². The molecule has 130 valence electrons. The van der Waals surface area contributed by atoms with Gasteiger partial charge in [0, 0.05) is 22.4 Å². The van der Waals surface area contributed by atoms with Gasteiger partial charge in [-0.25, -0.2) is 14.4 Å². The monoisotopic (exact) mass is 381 g/mol. The number of hydrogen-bond acceptors (Lipinski definition) is 5. The van der Waals surface area contributed by atoms with Gasteiger partial charge in [-0.3, -0.25) is 0 Å². The number of halogens is 1. The van der Waals surface area contributed by atoms with Gasteiger partial charge >= 0.3 is 0 Å². The minimum atomic E-state index is -0.247. The Morgan fingerprint density at radius 1 is 1.23 bits per heavy atom. The van der Waals surface area contributed by atoms with E-state index in [0.29, 0.717) is 11.3 Å². The highest BCUT2D eigenvalue weighted by atomic mass is 32.2. The average Bonchev–Trinajstić information content (AvgIpc) is 3.30. The van der Waals surface area contributed by atoms with E-state index in [1.165, 1.54) is 17.7 Å². The van der Waals surface area contributed by atoms with Crippen LogP contribution in [0.3, 0.4) is 0 Å². The van der Waals surface area contributed by atoms with Crippen molar-refractivity contribution in [2.24, 2.45) is 0 Å². The van der Waals surface area contributed by atoms with E-state index in [2.05, 4.69) is 11.1 Å². The van der Waals surface area contributed by atoms with E-state index in [-0.39, 0.29) is 5.82 Å². The fourth-order valence-electron chi connectivity index (χ4n) is 3.22. The van der Waals surface area contributed by atoms with Gasteiger partial charge < -0.3 is 0 Å². The van der Waals surface area contributed by atoms with Crippen molar-refractivity contribution in [2.45, 2.75) is 37.0 Å². The molecule has 0 amide bonds. The highest BCUT2D eigenvalue weighted by molar-refractivity contribution is 7.98. The van der Waals surface area contributed by atoms with Gasteiger partial charge in [-0.1, -0.05) is 11.8 Å². The number of thiazole rings is 1. The Morgan fingerprint density at radius 3 is 2.81 bits per heavy atom. The molecule has 0 spiro atoms. The molecule has 1 aromatic carbocycles. The summed E-state index contributed by atoms with van der Waals surface area (Å²) in [5.74, 6) is 0.417. The van der Waals surface area contributed by atoms with Crippen molar-refractivity contribution >= 4 is 23.1 Å². The van der Waals surface area contributed by atoms with Crippen LogP contribution in [0.15, 0.2) is 34.7 Å². The molecule has 26 heavy (non-hydrogen) atoms. The number of rotatable bonds is 4. The second-order valence-corrected chi connectivity index (χ2v) is 8.07. The maximum atomic E-state index is 13.1. The van der Waals surface area contributed by atoms with Crippen molar-refractivity contribution < 1.29 is 4.39 Å². The first kappa shape index (κ1) is 17.2. The topological polar surface area (TPSA) is 49.6 Å². The summed E-state index contributed by atoms with van der Waals surface area (Å²) in [6.45, 7) is 2.03. The Morgan fingerprint density at radius 2 is 2.04 bits per heavy atom. The Hall–Kier alpha value is -2.23. The zero-order chi connectivity index (χ0) is 18.1. The lowest BCUT2D eigenvalue weighted by molar-refractivity contribution is 0.628. The lowest BCUT2D eigenvalue weighted by atomic mass is 10.0. The first-order valence-corrected chi connectivity index (χ1v) is 10.3. The van der Waals surface area contributed by atoms with Gasteiger partial charge in [0.1, 0.15) is 21.9 Å². The maximum Gasteiger partial charge on any atom is 0.123 e. The molecule has 0 saturated heterocycles. The number of nitriles is 1. The zero-order valence-corrected chi connectivity index (χ0v) is 15.9. The highest BCUT2D eigenvalue weighted by Crippen LogP contribution is 2.33. The Bertz CT molecular complexity index is 1000. The average molecular weight is 382 g/mol. The fraction of sp³-hybridized carbons (Fsp3) is 0.250. The summed E-state index contributed by atoms with van der Waals surface area (Å²) in [5.41, 5.74) is 6.06. The maximum absolute atomic E-state index is 13.1. The van der Waals surface area contributed by atoms with Crippen LogP contribution in [0, 0.1) is 24.1 Å². The fourth-order valence-corrected chi connectivity index (χ4v) is 5.10. The van der Waals surface area contributed by atoms with Crippen LogP contribution >= 0.6 is 23.1 Å². The number of nitrogens with zero attached hydrogens (tertiary/aromatic N) is 3. The SMILES string of the molecule is Cc1c(C#N)c(SCc2csc(-c3ccc(F)cc3)n2)nc2c1CCC2. The molecular weight excluding hydrogens is 365 g/mol. The molecule has 6 heteroatoms. The third kappa shape index (κ3) is 3.25. The predicted octanol–water partition coefficient (Wildman–Crippen LogP) is 5.31. The summed E-state index contributed by atoms with van der Waals surface area (Å²) in [6.07, 6.45) is 3.15. The van der Waals surface area contributed by atoms with Crippen LogP contribution in [0.2, 0.25) is 0 Å². The molecule has 1 aliphatic carbocycles. The molecule has 0 N–H and O–H groups in total. The molecule has 1 aliphatic rings. The van der Waals surface area contributed by atoms with E-state index in [4.69, 9.17) is 4.98 Å². The van der Waals surface area contributed by atoms with Crippen molar-refractivity contribution in [3.63, 3.8) is 0 Å². The molecule has 3 nitrogen and oxygen atoms in total. The third-order valence-electron chi connectivity index (χ3n) is 4.58. The molecule has 0 unspecified atom stereocenters. The van der Waals surface area contributed by atoms with Gasteiger partial charge in [-0.2, -0.15) is 5.26 Å². The summed E-state index contributed by atoms with van der Waals surface area (Å²) >= 11 is 3.11. The van der Waals surface area contributed by atoms with Gasteiger partial charge in [0.2, 0.25) is 0 Å². The third-order valence-corrected chi connectivity index (χ3v) is 6.53. The lowest BCUT2D eigenvalue weighted by Crippen LogP contribution is -2.00. The molecule has 0 saturated carbocycles. The van der Waals surface area contributed by atoms with Crippen LogP contribution < -0.4 is 0 Å². The van der Waals surface area contributed by atoms with Gasteiger partial charge in [0.25, 0.3) is 0 Å². The van der Waals surface area contributed by atoms with E-state index >= 15 is 0 Å². The van der Waals surface area contributed by atoms with Crippen molar-refractivity contribution in [2.75, 3.05) is 0 Å². The Labute approximate surface area is 159 Å². The summed E-state index contributed by atoms with van der Waals surface area (Å²) < 4.78 is 13.1. The molecule has 2 heterocycles. The minimum absolute atomic E-state index is 0.247. The summed E-state index contributed by atoms with van der Waals surface area (Å²) in [6, 6.07) is 8.70. The number of thioether (sulfide) groups is 1. The van der Waals surface area contributed by atoms with Crippen molar-refractivity contribution in [3.05, 3.63) is 63.5 Å². The standard InChI is InChI=1S/C20H16FN3S2/c1-12-16-3-2-4-18(16)24-20(17(12)9-22)26-11-15-10-25-19(23-15)13-5-7-14(21)8-6-13/h5-8,10H,2-4,11H2,1H3. The number of benzene rings is 1. The van der Waals surface area contributed by atoms with Crippen LogP contribution in [0.25, 0.3) is 10.6 Å². The highest BCUT2D eigenvalue weighted by Gasteiger charge is 2.21. The number of hydrogen-bond donors (Lipinski definition) is 0. The number of fused-ring (bicyclic) bond motifs is 1. The van der Waals surface area contributed by atoms with Crippen molar-refractivity contribution in [1.29, 1.82) is 5.26 Å². The van der Waals surface area contributed by atoms with Gasteiger partial charge in [-0.15, -0.1) is 11.3 Å². The molecular formula is C20H16FN3S2. The summed E-state index contributed by atoms with van der Waals surface area (Å²) in [5, 5.41) is 13.2. The van der Waals surface area contributed by atoms with Crippen LogP contribution in [0.4, 0.5) is 4.39 Å². The molecule has 0 fully saturated rings. The van der Waals surface area contributed by atoms with Crippen LogP contribution in [-0.4, -0.2) is 9.97 Å². The molecule has 3 aromatic rings. The number of aromatic nitrogens is 2. The summed E-state index contributed by atoms with van der Waals surface area (Å²) in [7, 11) is 0. The Kier molecular flexibility index (Phi) is 4.75. The van der Waals surface area contributed by atoms with Gasteiger partial charge in [0.05, 0.1) is 11.3 Å². The van der Waals surface area contributed by atoms with E-state index in [1.54, 1.807) is 35.2 Å². The van der Waals surface area contributed by atoms with E-state index in [9.17, 15) is 9.65 Å². The second kappa shape index (κ2) is 7.18. The largest absolute Gasteiger partial charge is 0.245 e. The zero-order valence-electron chi connectivity index (χ0n) is 14.3. The van der Waals surface area contributed by atoms with Crippen LogP contribution in [0.1, 0.15) is 34.5 Å². The lowest BCUT2D eigenvalue weighted by Gasteiger charge is -2.10. The van der Waals surface area contributed by atoms with Crippen LogP contribution in [-0.2, 0) is 18.6 Å². The first-order valence-electron chi connectivity index (χ1n) is 8.41.